The SMILES string of the molecule is CC1(C)COC(=O)CCC=CCC(CC(=O)NC(CO)Cc2ccc(OCc3ccccc3)cc2)C(=O)N1. The van der Waals surface area contributed by atoms with Gasteiger partial charge in [0.15, 0.2) is 0 Å². The van der Waals surface area contributed by atoms with Crippen LogP contribution in [0.2, 0.25) is 0 Å². The van der Waals surface area contributed by atoms with Crippen LogP contribution in [0.5, 0.6) is 5.75 Å². The minimum absolute atomic E-state index is 0.0190. The lowest BCUT2D eigenvalue weighted by Crippen LogP contribution is -2.50. The lowest BCUT2D eigenvalue weighted by atomic mass is 9.96. The highest BCUT2D eigenvalue weighted by molar-refractivity contribution is 5.86. The molecule has 1 aliphatic heterocycles. The number of benzene rings is 2. The van der Waals surface area contributed by atoms with Gasteiger partial charge >= 0.3 is 5.97 Å². The molecule has 2 aromatic rings. The van der Waals surface area contributed by atoms with Gasteiger partial charge in [-0.3, -0.25) is 14.4 Å². The molecule has 204 valence electrons. The highest BCUT2D eigenvalue weighted by atomic mass is 16.5. The number of ether oxygens (including phenoxy) is 2. The summed E-state index contributed by atoms with van der Waals surface area (Å²) in [4.78, 5) is 37.6. The molecule has 1 heterocycles. The maximum atomic E-state index is 13.0. The summed E-state index contributed by atoms with van der Waals surface area (Å²) < 4.78 is 11.1. The minimum Gasteiger partial charge on any atom is -0.489 e. The van der Waals surface area contributed by atoms with E-state index in [2.05, 4.69) is 10.6 Å². The number of hydrogen-bond acceptors (Lipinski definition) is 6. The highest BCUT2D eigenvalue weighted by Gasteiger charge is 2.29. The quantitative estimate of drug-likeness (QED) is 0.343. The minimum atomic E-state index is -0.755. The Morgan fingerprint density at radius 3 is 2.55 bits per heavy atom. The summed E-state index contributed by atoms with van der Waals surface area (Å²) in [7, 11) is 0. The third-order valence-electron chi connectivity index (χ3n) is 6.20. The van der Waals surface area contributed by atoms with Crippen molar-refractivity contribution in [2.45, 2.75) is 64.1 Å². The third kappa shape index (κ3) is 10.0. The molecule has 0 saturated heterocycles. The van der Waals surface area contributed by atoms with Crippen molar-refractivity contribution in [3.8, 4) is 5.75 Å². The van der Waals surface area contributed by atoms with Gasteiger partial charge in [0.25, 0.3) is 0 Å². The second-order valence-electron chi connectivity index (χ2n) is 10.3. The Hall–Kier alpha value is -3.65. The van der Waals surface area contributed by atoms with Crippen LogP contribution in [0.4, 0.5) is 0 Å². The lowest BCUT2D eigenvalue weighted by Gasteiger charge is -2.28. The summed E-state index contributed by atoms with van der Waals surface area (Å²) in [6.45, 7) is 3.85. The van der Waals surface area contributed by atoms with E-state index >= 15 is 0 Å². The van der Waals surface area contributed by atoms with Gasteiger partial charge in [0.1, 0.15) is 19.0 Å². The Morgan fingerprint density at radius 1 is 1.11 bits per heavy atom. The first-order valence-electron chi connectivity index (χ1n) is 13.0. The molecule has 38 heavy (non-hydrogen) atoms. The van der Waals surface area contributed by atoms with E-state index in [1.165, 1.54) is 0 Å². The Kier molecular flexibility index (Phi) is 10.9. The number of esters is 1. The van der Waals surface area contributed by atoms with E-state index < -0.39 is 17.5 Å². The molecule has 0 radical (unpaired) electrons. The average Bonchev–Trinajstić information content (AvgIpc) is 2.90. The van der Waals surface area contributed by atoms with Crippen LogP contribution in [0.25, 0.3) is 0 Å². The highest BCUT2D eigenvalue weighted by Crippen LogP contribution is 2.17. The first kappa shape index (κ1) is 28.9. The van der Waals surface area contributed by atoms with Crippen LogP contribution in [0.3, 0.4) is 0 Å². The van der Waals surface area contributed by atoms with E-state index in [-0.39, 0.29) is 43.8 Å². The molecule has 0 aliphatic carbocycles. The van der Waals surface area contributed by atoms with Gasteiger partial charge in [-0.25, -0.2) is 0 Å². The zero-order valence-electron chi connectivity index (χ0n) is 22.2. The van der Waals surface area contributed by atoms with Gasteiger partial charge in [0.05, 0.1) is 24.1 Å². The standard InChI is InChI=1S/C30H38N2O6/c1-30(2)21-38-28(35)12-8-4-7-11-24(29(36)32-30)18-27(34)31-25(19-33)17-22-13-15-26(16-14-22)37-20-23-9-5-3-6-10-23/h3-7,9-10,13-16,24-25,33H,8,11-12,17-21H2,1-2H3,(H,31,34)(H,32,36). The fourth-order valence-corrected chi connectivity index (χ4v) is 4.09. The van der Waals surface area contributed by atoms with Gasteiger partial charge in [-0.1, -0.05) is 54.6 Å². The number of cyclic esters (lactones) is 1. The second-order valence-corrected chi connectivity index (χ2v) is 10.3. The normalized spacial score (nSPS) is 18.8. The Labute approximate surface area is 224 Å². The van der Waals surface area contributed by atoms with E-state index in [4.69, 9.17) is 9.47 Å². The summed E-state index contributed by atoms with van der Waals surface area (Å²) in [6.07, 6.45) is 5.23. The number of nitrogens with one attached hydrogen (secondary N) is 2. The molecule has 2 aromatic carbocycles. The summed E-state index contributed by atoms with van der Waals surface area (Å²) in [5.41, 5.74) is 1.27. The fourth-order valence-electron chi connectivity index (χ4n) is 4.09. The van der Waals surface area contributed by atoms with Gasteiger partial charge in [0, 0.05) is 12.8 Å². The fraction of sp³-hybridized carbons (Fsp3) is 0.433. The maximum absolute atomic E-state index is 13.0. The second kappa shape index (κ2) is 14.3. The molecule has 0 bridgehead atoms. The lowest BCUT2D eigenvalue weighted by molar-refractivity contribution is -0.146. The summed E-state index contributed by atoms with van der Waals surface area (Å²) in [6, 6.07) is 17.0. The van der Waals surface area contributed by atoms with Crippen molar-refractivity contribution in [3.63, 3.8) is 0 Å². The van der Waals surface area contributed by atoms with E-state index in [1.807, 2.05) is 66.7 Å². The molecule has 0 aromatic heterocycles. The first-order valence-corrected chi connectivity index (χ1v) is 13.0. The van der Waals surface area contributed by atoms with Crippen LogP contribution in [-0.2, 0) is 32.1 Å². The summed E-state index contributed by atoms with van der Waals surface area (Å²) >= 11 is 0. The summed E-state index contributed by atoms with van der Waals surface area (Å²) in [5, 5.41) is 15.6. The van der Waals surface area contributed by atoms with E-state index in [0.717, 1.165) is 16.9 Å². The topological polar surface area (TPSA) is 114 Å². The Morgan fingerprint density at radius 2 is 1.84 bits per heavy atom. The number of carbonyl (C=O) groups excluding carboxylic acids is 3. The van der Waals surface area contributed by atoms with Crippen molar-refractivity contribution >= 4 is 17.8 Å². The molecule has 0 spiro atoms. The molecule has 2 atom stereocenters. The van der Waals surface area contributed by atoms with E-state index in [9.17, 15) is 19.5 Å². The number of aliphatic hydroxyl groups excluding tert-OH is 1. The van der Waals surface area contributed by atoms with Crippen molar-refractivity contribution in [2.75, 3.05) is 13.2 Å². The molecule has 8 heteroatoms. The van der Waals surface area contributed by atoms with Crippen LogP contribution in [0.1, 0.15) is 50.7 Å². The van der Waals surface area contributed by atoms with Crippen LogP contribution in [0, 0.1) is 5.92 Å². The van der Waals surface area contributed by atoms with Crippen molar-refractivity contribution in [1.29, 1.82) is 0 Å². The number of rotatable bonds is 9. The third-order valence-corrected chi connectivity index (χ3v) is 6.20. The molecule has 2 unspecified atom stereocenters. The molecule has 0 saturated carbocycles. The maximum Gasteiger partial charge on any atom is 0.306 e. The number of allylic oxidation sites excluding steroid dienone is 2. The largest absolute Gasteiger partial charge is 0.489 e. The number of amides is 2. The van der Waals surface area contributed by atoms with E-state index in [1.54, 1.807) is 13.8 Å². The van der Waals surface area contributed by atoms with Crippen LogP contribution < -0.4 is 15.4 Å². The van der Waals surface area contributed by atoms with Gasteiger partial charge in [-0.2, -0.15) is 0 Å². The van der Waals surface area contributed by atoms with Gasteiger partial charge in [0.2, 0.25) is 11.8 Å². The molecule has 1 aliphatic rings. The molecule has 8 nitrogen and oxygen atoms in total. The molecular formula is C30H38N2O6. The van der Waals surface area contributed by atoms with Gasteiger partial charge in [-0.15, -0.1) is 0 Å². The number of aliphatic hydroxyl groups is 1. The molecule has 2 amide bonds. The predicted molar refractivity (Wildman–Crippen MR) is 144 cm³/mol. The Bertz CT molecular complexity index is 1080. The monoisotopic (exact) mass is 522 g/mol. The zero-order chi connectivity index (χ0) is 27.4. The Balaban J connectivity index is 1.54. The van der Waals surface area contributed by atoms with E-state index in [0.29, 0.717) is 25.9 Å². The molecule has 3 N–H and O–H groups in total. The average molecular weight is 523 g/mol. The first-order chi connectivity index (χ1) is 18.2. The smallest absolute Gasteiger partial charge is 0.306 e. The van der Waals surface area contributed by atoms with Crippen LogP contribution >= 0.6 is 0 Å². The van der Waals surface area contributed by atoms with Crippen molar-refractivity contribution in [3.05, 3.63) is 77.9 Å². The van der Waals surface area contributed by atoms with Crippen LogP contribution in [-0.4, -0.2) is 47.7 Å². The van der Waals surface area contributed by atoms with Gasteiger partial charge in [-0.05, 0) is 56.4 Å². The predicted octanol–water partition coefficient (Wildman–Crippen LogP) is 3.47. The molecule has 0 fully saturated rings. The molecular weight excluding hydrogens is 484 g/mol. The van der Waals surface area contributed by atoms with Gasteiger partial charge < -0.3 is 25.2 Å². The zero-order valence-corrected chi connectivity index (χ0v) is 22.2. The number of carbonyl (C=O) groups is 3. The van der Waals surface area contributed by atoms with Crippen molar-refractivity contribution in [1.82, 2.24) is 10.6 Å². The number of hydrogen-bond donors (Lipinski definition) is 3. The van der Waals surface area contributed by atoms with Crippen LogP contribution in [0.15, 0.2) is 66.7 Å². The summed E-state index contributed by atoms with van der Waals surface area (Å²) in [5.74, 6) is -0.741. The molecule has 3 rings (SSSR count). The van der Waals surface area contributed by atoms with Crippen molar-refractivity contribution < 1.29 is 29.0 Å². The van der Waals surface area contributed by atoms with Crippen molar-refractivity contribution in [2.24, 2.45) is 5.92 Å².